The summed E-state index contributed by atoms with van der Waals surface area (Å²) in [7, 11) is 1.71. The van der Waals surface area contributed by atoms with Crippen LogP contribution >= 0.6 is 0 Å². The number of hydrogen-bond acceptors (Lipinski definition) is 4. The van der Waals surface area contributed by atoms with Gasteiger partial charge in [0.25, 0.3) is 5.91 Å². The molecule has 0 bridgehead atoms. The molecule has 6 nitrogen and oxygen atoms in total. The van der Waals surface area contributed by atoms with Crippen LogP contribution in [0.25, 0.3) is 0 Å². The summed E-state index contributed by atoms with van der Waals surface area (Å²) in [5.74, 6) is 0.912. The van der Waals surface area contributed by atoms with E-state index in [9.17, 15) is 9.59 Å². The Labute approximate surface area is 154 Å². The smallest absolute Gasteiger partial charge is 0.258 e. The third kappa shape index (κ3) is 3.43. The summed E-state index contributed by atoms with van der Waals surface area (Å²) in [6.07, 6.45) is 1.66. The first-order valence-corrected chi connectivity index (χ1v) is 9.20. The average Bonchev–Trinajstić information content (AvgIpc) is 3.04. The van der Waals surface area contributed by atoms with Crippen molar-refractivity contribution in [3.05, 3.63) is 24.3 Å². The van der Waals surface area contributed by atoms with Gasteiger partial charge in [0, 0.05) is 43.1 Å². The molecule has 26 heavy (non-hydrogen) atoms. The lowest BCUT2D eigenvalue weighted by Crippen LogP contribution is -2.68. The average molecular weight is 360 g/mol. The first kappa shape index (κ1) is 18.7. The van der Waals surface area contributed by atoms with Gasteiger partial charge in [-0.25, -0.2) is 0 Å². The lowest BCUT2D eigenvalue weighted by molar-refractivity contribution is -0.155. The largest absolute Gasteiger partial charge is 0.484 e. The number of amides is 2. The molecule has 1 saturated carbocycles. The molecule has 2 amide bonds. The second-order valence-corrected chi connectivity index (χ2v) is 7.81. The number of hydrogen-bond donors (Lipinski definition) is 1. The molecule has 1 saturated heterocycles. The number of anilines is 1. The third-order valence-electron chi connectivity index (χ3n) is 5.70. The summed E-state index contributed by atoms with van der Waals surface area (Å²) in [5.41, 5.74) is 0.785. The summed E-state index contributed by atoms with van der Waals surface area (Å²) in [5, 5.41) is 3.06. The molecular weight excluding hydrogens is 332 g/mol. The van der Waals surface area contributed by atoms with Gasteiger partial charge in [0.05, 0.1) is 6.10 Å². The van der Waals surface area contributed by atoms with Gasteiger partial charge in [-0.15, -0.1) is 0 Å². The van der Waals surface area contributed by atoms with Crippen LogP contribution in [0.1, 0.15) is 33.6 Å². The van der Waals surface area contributed by atoms with Crippen molar-refractivity contribution in [3.8, 4) is 5.75 Å². The number of ether oxygens (including phenoxy) is 2. The van der Waals surface area contributed by atoms with Crippen molar-refractivity contribution in [1.82, 2.24) is 5.32 Å². The zero-order valence-electron chi connectivity index (χ0n) is 16.0. The first-order valence-electron chi connectivity index (χ1n) is 9.20. The highest BCUT2D eigenvalue weighted by atomic mass is 16.5. The molecule has 0 unspecified atom stereocenters. The second-order valence-electron chi connectivity index (χ2n) is 7.81. The van der Waals surface area contributed by atoms with Crippen LogP contribution < -0.4 is 15.0 Å². The van der Waals surface area contributed by atoms with Crippen molar-refractivity contribution in [2.75, 3.05) is 25.2 Å². The number of carbonyl (C=O) groups excluding carboxylic acids is 2. The van der Waals surface area contributed by atoms with E-state index in [1.807, 2.05) is 12.1 Å². The van der Waals surface area contributed by atoms with Crippen LogP contribution in [0.2, 0.25) is 0 Å². The van der Waals surface area contributed by atoms with Gasteiger partial charge >= 0.3 is 0 Å². The fourth-order valence-electron chi connectivity index (χ4n) is 4.43. The number of rotatable bonds is 6. The Bertz CT molecular complexity index is 671. The molecule has 1 aliphatic heterocycles. The first-order chi connectivity index (χ1) is 12.3. The minimum atomic E-state index is -0.136. The van der Waals surface area contributed by atoms with E-state index in [2.05, 4.69) is 26.1 Å². The molecule has 1 aromatic carbocycles. The van der Waals surface area contributed by atoms with Crippen LogP contribution in [-0.4, -0.2) is 44.2 Å². The van der Waals surface area contributed by atoms with E-state index >= 15 is 0 Å². The predicted octanol–water partition coefficient (Wildman–Crippen LogP) is 2.37. The Morgan fingerprint density at radius 2 is 2.00 bits per heavy atom. The van der Waals surface area contributed by atoms with E-state index < -0.39 is 0 Å². The molecule has 1 N–H and O–H groups in total. The molecular formula is C20H28N2O4. The zero-order chi connectivity index (χ0) is 18.9. The molecule has 6 heteroatoms. The molecule has 1 heterocycles. The maximum atomic E-state index is 12.2. The Kier molecular flexibility index (Phi) is 5.23. The lowest BCUT2D eigenvalue weighted by atomic mass is 9.58. The van der Waals surface area contributed by atoms with Gasteiger partial charge in [0.15, 0.2) is 6.61 Å². The van der Waals surface area contributed by atoms with Crippen molar-refractivity contribution in [1.29, 1.82) is 0 Å². The highest BCUT2D eigenvalue weighted by Crippen LogP contribution is 2.46. The van der Waals surface area contributed by atoms with Crippen molar-refractivity contribution >= 4 is 17.5 Å². The van der Waals surface area contributed by atoms with Crippen LogP contribution in [-0.2, 0) is 14.3 Å². The summed E-state index contributed by atoms with van der Waals surface area (Å²) < 4.78 is 11.1. The number of nitrogens with zero attached hydrogens (tertiary/aromatic N) is 1. The summed E-state index contributed by atoms with van der Waals surface area (Å²) in [6.45, 7) is 7.03. The fourth-order valence-corrected chi connectivity index (χ4v) is 4.43. The monoisotopic (exact) mass is 360 g/mol. The molecule has 1 aromatic rings. The van der Waals surface area contributed by atoms with Crippen LogP contribution in [0.15, 0.2) is 24.3 Å². The van der Waals surface area contributed by atoms with Crippen molar-refractivity contribution < 1.29 is 19.1 Å². The Morgan fingerprint density at radius 1 is 1.31 bits per heavy atom. The maximum Gasteiger partial charge on any atom is 0.258 e. The van der Waals surface area contributed by atoms with E-state index in [1.54, 1.807) is 24.1 Å². The molecule has 0 radical (unpaired) electrons. The summed E-state index contributed by atoms with van der Waals surface area (Å²) in [4.78, 5) is 25.8. The molecule has 2 aliphatic rings. The number of nitrogens with one attached hydrogen (secondary N) is 1. The minimum absolute atomic E-state index is 0.0288. The van der Waals surface area contributed by atoms with Crippen molar-refractivity contribution in [2.45, 2.75) is 45.8 Å². The molecule has 3 atom stereocenters. The van der Waals surface area contributed by atoms with Crippen LogP contribution in [0, 0.1) is 11.3 Å². The van der Waals surface area contributed by atoms with Crippen LogP contribution in [0.5, 0.6) is 5.75 Å². The quantitative estimate of drug-likeness (QED) is 0.846. The van der Waals surface area contributed by atoms with Crippen molar-refractivity contribution in [3.63, 3.8) is 0 Å². The SMILES string of the molecule is CO[C@@H]1[C@@H](C)[C@H](NC(=O)COc2ccc(N3CCCC3=O)cc2)C1(C)C. The van der Waals surface area contributed by atoms with Gasteiger partial charge in [0.1, 0.15) is 5.75 Å². The molecule has 1 aliphatic carbocycles. The Balaban J connectivity index is 1.50. The molecule has 3 rings (SSSR count). The Morgan fingerprint density at radius 3 is 2.54 bits per heavy atom. The van der Waals surface area contributed by atoms with Gasteiger partial charge < -0.3 is 19.7 Å². The van der Waals surface area contributed by atoms with Gasteiger partial charge in [-0.3, -0.25) is 9.59 Å². The van der Waals surface area contributed by atoms with Crippen LogP contribution in [0.3, 0.4) is 0 Å². The minimum Gasteiger partial charge on any atom is -0.484 e. The van der Waals surface area contributed by atoms with Gasteiger partial charge in [-0.05, 0) is 30.7 Å². The van der Waals surface area contributed by atoms with Gasteiger partial charge in [-0.1, -0.05) is 20.8 Å². The van der Waals surface area contributed by atoms with E-state index in [1.165, 1.54) is 0 Å². The second kappa shape index (κ2) is 7.27. The van der Waals surface area contributed by atoms with E-state index in [4.69, 9.17) is 9.47 Å². The standard InChI is InChI=1S/C20H28N2O4/c1-13-18(20(2,3)19(13)25-4)21-16(23)12-26-15-9-7-14(8-10-15)22-11-5-6-17(22)24/h7-10,13,18-19H,5-6,11-12H2,1-4H3,(H,21,23)/t13-,18-,19+/m0/s1. The van der Waals surface area contributed by atoms with Gasteiger partial charge in [0.2, 0.25) is 5.91 Å². The summed E-state index contributed by atoms with van der Waals surface area (Å²) in [6, 6.07) is 7.39. The predicted molar refractivity (Wildman–Crippen MR) is 99.2 cm³/mol. The molecule has 142 valence electrons. The van der Waals surface area contributed by atoms with E-state index in [0.717, 1.165) is 18.7 Å². The van der Waals surface area contributed by atoms with E-state index in [0.29, 0.717) is 12.2 Å². The number of benzene rings is 1. The normalized spacial score (nSPS) is 27.2. The highest BCUT2D eigenvalue weighted by Gasteiger charge is 2.55. The Hall–Kier alpha value is -2.08. The lowest BCUT2D eigenvalue weighted by Gasteiger charge is -2.56. The topological polar surface area (TPSA) is 67.9 Å². The molecule has 0 aromatic heterocycles. The number of carbonyl (C=O) groups is 2. The highest BCUT2D eigenvalue weighted by molar-refractivity contribution is 5.95. The molecule has 0 spiro atoms. The number of methoxy groups -OCH3 is 1. The van der Waals surface area contributed by atoms with Gasteiger partial charge in [-0.2, -0.15) is 0 Å². The third-order valence-corrected chi connectivity index (χ3v) is 5.70. The molecule has 2 fully saturated rings. The van der Waals surface area contributed by atoms with Crippen molar-refractivity contribution in [2.24, 2.45) is 11.3 Å². The van der Waals surface area contributed by atoms with Crippen LogP contribution in [0.4, 0.5) is 5.69 Å². The zero-order valence-corrected chi connectivity index (χ0v) is 16.0. The van der Waals surface area contributed by atoms with E-state index in [-0.39, 0.29) is 41.9 Å². The maximum absolute atomic E-state index is 12.2. The fraction of sp³-hybridized carbons (Fsp3) is 0.600. The summed E-state index contributed by atoms with van der Waals surface area (Å²) >= 11 is 0.